The number of nitriles is 1. The van der Waals surface area contributed by atoms with Crippen molar-refractivity contribution in [1.29, 1.82) is 5.26 Å². The highest BCUT2D eigenvalue weighted by atomic mass is 35.5. The van der Waals surface area contributed by atoms with Crippen LogP contribution in [0.3, 0.4) is 0 Å². The van der Waals surface area contributed by atoms with Gasteiger partial charge in [0, 0.05) is 23.4 Å². The lowest BCUT2D eigenvalue weighted by atomic mass is 10.1. The van der Waals surface area contributed by atoms with Crippen molar-refractivity contribution in [1.82, 2.24) is 5.32 Å². The lowest BCUT2D eigenvalue weighted by Crippen LogP contribution is -2.20. The van der Waals surface area contributed by atoms with Crippen LogP contribution in [-0.2, 0) is 6.54 Å². The van der Waals surface area contributed by atoms with Gasteiger partial charge < -0.3 is 10.1 Å². The summed E-state index contributed by atoms with van der Waals surface area (Å²) in [5.41, 5.74) is 0.625. The monoisotopic (exact) mass is 342 g/mol. The average Bonchev–Trinajstić information content (AvgIpc) is 3.09. The third kappa shape index (κ3) is 3.83. The van der Waals surface area contributed by atoms with Crippen molar-refractivity contribution in [3.8, 4) is 11.8 Å². The maximum atomic E-state index is 8.94. The Hall–Kier alpha value is -2.06. The number of hydrogen-bond donors (Lipinski definition) is 1. The van der Waals surface area contributed by atoms with Gasteiger partial charge in [0.2, 0.25) is 0 Å². The number of fused-ring (bicyclic) bond motifs is 1. The van der Waals surface area contributed by atoms with E-state index in [1.165, 1.54) is 4.88 Å². The standard InChI is InChI=1S/C18H15ClN2OS/c19-18-16-5-3-13(11-20)10-14(16)4-6-17(18)22-8-7-21-12-15-2-1-9-23-15/h1-6,9-10,21H,7-8,12H2. The van der Waals surface area contributed by atoms with Crippen molar-refractivity contribution in [3.05, 3.63) is 63.3 Å². The zero-order chi connectivity index (χ0) is 16.1. The number of hydrogen-bond acceptors (Lipinski definition) is 4. The maximum Gasteiger partial charge on any atom is 0.138 e. The van der Waals surface area contributed by atoms with Crippen molar-refractivity contribution in [2.24, 2.45) is 0 Å². The van der Waals surface area contributed by atoms with E-state index in [1.807, 2.05) is 30.3 Å². The van der Waals surface area contributed by atoms with Gasteiger partial charge >= 0.3 is 0 Å². The van der Waals surface area contributed by atoms with Crippen molar-refractivity contribution in [2.75, 3.05) is 13.2 Å². The summed E-state index contributed by atoms with van der Waals surface area (Å²) in [6.07, 6.45) is 0. The first-order valence-electron chi connectivity index (χ1n) is 7.26. The fraction of sp³-hybridized carbons (Fsp3) is 0.167. The molecule has 0 amide bonds. The Balaban J connectivity index is 1.59. The second-order valence-corrected chi connectivity index (χ2v) is 6.44. The summed E-state index contributed by atoms with van der Waals surface area (Å²) < 4.78 is 5.76. The van der Waals surface area contributed by atoms with Crippen LogP contribution in [0.2, 0.25) is 5.02 Å². The minimum Gasteiger partial charge on any atom is -0.491 e. The van der Waals surface area contributed by atoms with Crippen LogP contribution in [0.25, 0.3) is 10.8 Å². The van der Waals surface area contributed by atoms with Crippen LogP contribution in [0.5, 0.6) is 5.75 Å². The van der Waals surface area contributed by atoms with Crippen LogP contribution in [0, 0.1) is 11.3 Å². The van der Waals surface area contributed by atoms with Gasteiger partial charge in [-0.05, 0) is 35.0 Å². The molecule has 0 fully saturated rings. The van der Waals surface area contributed by atoms with Crippen LogP contribution >= 0.6 is 22.9 Å². The third-order valence-corrected chi connectivity index (χ3v) is 4.73. The van der Waals surface area contributed by atoms with E-state index in [0.717, 1.165) is 23.9 Å². The van der Waals surface area contributed by atoms with Crippen LogP contribution < -0.4 is 10.1 Å². The Labute approximate surface area is 144 Å². The predicted octanol–water partition coefficient (Wildman–Crippen LogP) is 4.59. The lowest BCUT2D eigenvalue weighted by molar-refractivity contribution is 0.314. The Morgan fingerprint density at radius 1 is 1.22 bits per heavy atom. The molecular weight excluding hydrogens is 328 g/mol. The molecule has 0 bridgehead atoms. The quantitative estimate of drug-likeness (QED) is 0.666. The molecule has 3 nitrogen and oxygen atoms in total. The van der Waals surface area contributed by atoms with Gasteiger partial charge in [0.15, 0.2) is 0 Å². The third-order valence-electron chi connectivity index (χ3n) is 3.46. The highest BCUT2D eigenvalue weighted by molar-refractivity contribution is 7.09. The van der Waals surface area contributed by atoms with Crippen molar-refractivity contribution in [3.63, 3.8) is 0 Å². The molecule has 0 radical (unpaired) electrons. The number of nitrogens with zero attached hydrogens (tertiary/aromatic N) is 1. The summed E-state index contributed by atoms with van der Waals surface area (Å²) in [7, 11) is 0. The Kier molecular flexibility index (Phi) is 5.14. The fourth-order valence-corrected chi connectivity index (χ4v) is 3.27. The van der Waals surface area contributed by atoms with Gasteiger partial charge in [-0.15, -0.1) is 11.3 Å². The number of nitrogens with one attached hydrogen (secondary N) is 1. The topological polar surface area (TPSA) is 45.0 Å². The Morgan fingerprint density at radius 2 is 2.13 bits per heavy atom. The Bertz CT molecular complexity index is 840. The smallest absolute Gasteiger partial charge is 0.138 e. The van der Waals surface area contributed by atoms with Gasteiger partial charge in [0.1, 0.15) is 12.4 Å². The van der Waals surface area contributed by atoms with Gasteiger partial charge in [0.05, 0.1) is 16.7 Å². The molecule has 1 aromatic heterocycles. The Morgan fingerprint density at radius 3 is 2.91 bits per heavy atom. The van der Waals surface area contributed by atoms with Crippen LogP contribution in [0.15, 0.2) is 47.8 Å². The fourth-order valence-electron chi connectivity index (χ4n) is 2.31. The molecule has 3 aromatic rings. The molecule has 0 atom stereocenters. The molecule has 0 aliphatic rings. The first-order chi connectivity index (χ1) is 11.3. The van der Waals surface area contributed by atoms with E-state index >= 15 is 0 Å². The van der Waals surface area contributed by atoms with Gasteiger partial charge in [-0.3, -0.25) is 0 Å². The van der Waals surface area contributed by atoms with Crippen LogP contribution in [0.4, 0.5) is 0 Å². The van der Waals surface area contributed by atoms with E-state index in [1.54, 1.807) is 17.4 Å². The molecular formula is C18H15ClN2OS. The van der Waals surface area contributed by atoms with E-state index in [4.69, 9.17) is 21.6 Å². The molecule has 1 heterocycles. The number of rotatable bonds is 6. The maximum absolute atomic E-state index is 8.94. The van der Waals surface area contributed by atoms with Crippen LogP contribution in [-0.4, -0.2) is 13.2 Å². The summed E-state index contributed by atoms with van der Waals surface area (Å²) in [6.45, 7) is 2.15. The number of halogens is 1. The van der Waals surface area contributed by atoms with Crippen molar-refractivity contribution < 1.29 is 4.74 Å². The van der Waals surface area contributed by atoms with Gasteiger partial charge in [-0.2, -0.15) is 5.26 Å². The van der Waals surface area contributed by atoms with Gasteiger partial charge in [-0.25, -0.2) is 0 Å². The second-order valence-electron chi connectivity index (χ2n) is 5.03. The molecule has 0 aliphatic carbocycles. The molecule has 23 heavy (non-hydrogen) atoms. The molecule has 2 aromatic carbocycles. The number of ether oxygens (including phenoxy) is 1. The highest BCUT2D eigenvalue weighted by Crippen LogP contribution is 2.33. The normalized spacial score (nSPS) is 10.6. The summed E-state index contributed by atoms with van der Waals surface area (Å²) in [5, 5.41) is 16.8. The highest BCUT2D eigenvalue weighted by Gasteiger charge is 2.07. The summed E-state index contributed by atoms with van der Waals surface area (Å²) in [5.74, 6) is 0.668. The largest absolute Gasteiger partial charge is 0.491 e. The molecule has 0 saturated carbocycles. The first-order valence-corrected chi connectivity index (χ1v) is 8.52. The zero-order valence-corrected chi connectivity index (χ0v) is 14.0. The average molecular weight is 343 g/mol. The van der Waals surface area contributed by atoms with Gasteiger partial charge in [-0.1, -0.05) is 29.8 Å². The molecule has 0 aliphatic heterocycles. The predicted molar refractivity (Wildman–Crippen MR) is 95.2 cm³/mol. The van der Waals surface area contributed by atoms with Crippen molar-refractivity contribution >= 4 is 33.7 Å². The summed E-state index contributed by atoms with van der Waals surface area (Å²) >= 11 is 8.14. The lowest BCUT2D eigenvalue weighted by Gasteiger charge is -2.10. The number of benzene rings is 2. The van der Waals surface area contributed by atoms with E-state index in [2.05, 4.69) is 22.8 Å². The molecule has 116 valence electrons. The molecule has 0 spiro atoms. The number of thiophene rings is 1. The van der Waals surface area contributed by atoms with Crippen LogP contribution in [0.1, 0.15) is 10.4 Å². The molecule has 5 heteroatoms. The minimum atomic E-state index is 0.548. The minimum absolute atomic E-state index is 0.548. The SMILES string of the molecule is N#Cc1ccc2c(Cl)c(OCCNCc3cccs3)ccc2c1. The van der Waals surface area contributed by atoms with Gasteiger partial charge in [0.25, 0.3) is 0 Å². The molecule has 0 saturated heterocycles. The molecule has 0 unspecified atom stereocenters. The van der Waals surface area contributed by atoms with E-state index in [-0.39, 0.29) is 0 Å². The van der Waals surface area contributed by atoms with E-state index in [0.29, 0.717) is 22.9 Å². The van der Waals surface area contributed by atoms with E-state index in [9.17, 15) is 0 Å². The van der Waals surface area contributed by atoms with Crippen molar-refractivity contribution in [2.45, 2.75) is 6.54 Å². The van der Waals surface area contributed by atoms with E-state index < -0.39 is 0 Å². The zero-order valence-electron chi connectivity index (χ0n) is 12.4. The first kappa shape index (κ1) is 15.8. The summed E-state index contributed by atoms with van der Waals surface area (Å²) in [6, 6.07) is 15.5. The molecule has 3 rings (SSSR count). The molecule has 1 N–H and O–H groups in total. The summed E-state index contributed by atoms with van der Waals surface area (Å²) in [4.78, 5) is 1.31. The second kappa shape index (κ2) is 7.47.